The van der Waals surface area contributed by atoms with Crippen molar-refractivity contribution in [2.45, 2.75) is 0 Å². The van der Waals surface area contributed by atoms with E-state index in [9.17, 15) is 9.18 Å². The van der Waals surface area contributed by atoms with Gasteiger partial charge in [-0.2, -0.15) is 4.39 Å². The Morgan fingerprint density at radius 2 is 2.00 bits per heavy atom. The first kappa shape index (κ1) is 13.4. The fourth-order valence-electron chi connectivity index (χ4n) is 2.77. The zero-order chi connectivity index (χ0) is 16.1. The van der Waals surface area contributed by atoms with E-state index in [0.29, 0.717) is 38.8 Å². The van der Waals surface area contributed by atoms with Gasteiger partial charge in [-0.05, 0) is 18.2 Å². The van der Waals surface area contributed by atoms with Crippen LogP contribution in [0.1, 0.15) is 0 Å². The molecule has 4 rings (SSSR count). The van der Waals surface area contributed by atoms with Crippen LogP contribution in [0.15, 0.2) is 41.5 Å². The number of aromatic nitrogens is 4. The van der Waals surface area contributed by atoms with Crippen molar-refractivity contribution in [1.29, 1.82) is 0 Å². The van der Waals surface area contributed by atoms with Crippen LogP contribution in [-0.4, -0.2) is 19.5 Å². The number of fused-ring (bicyclic) bond motifs is 3. The number of nitrogens with zero attached hydrogens (tertiary/aromatic N) is 3. The Kier molecular flexibility index (Phi) is 2.71. The Morgan fingerprint density at radius 3 is 2.74 bits per heavy atom. The number of benzene rings is 1. The minimum atomic E-state index is -0.551. The molecule has 0 aliphatic heterocycles. The zero-order valence-electron chi connectivity index (χ0n) is 12.2. The summed E-state index contributed by atoms with van der Waals surface area (Å²) in [6.07, 6.45) is 3.06. The Hall–Kier alpha value is -3.22. The topological polar surface area (TPSA) is 89.6 Å². The number of nitrogens with one attached hydrogen (secondary N) is 1. The van der Waals surface area contributed by atoms with Gasteiger partial charge in [0.25, 0.3) is 0 Å². The van der Waals surface area contributed by atoms with Gasteiger partial charge in [-0.1, -0.05) is 6.07 Å². The van der Waals surface area contributed by atoms with E-state index in [2.05, 4.69) is 15.0 Å². The lowest BCUT2D eigenvalue weighted by atomic mass is 10.0. The van der Waals surface area contributed by atoms with E-state index in [1.165, 1.54) is 16.8 Å². The molecule has 6 nitrogen and oxygen atoms in total. The summed E-state index contributed by atoms with van der Waals surface area (Å²) in [5.74, 6) is -0.551. The highest BCUT2D eigenvalue weighted by Crippen LogP contribution is 2.34. The first-order valence-corrected chi connectivity index (χ1v) is 6.94. The summed E-state index contributed by atoms with van der Waals surface area (Å²) in [5, 5.41) is 0.669. The molecular formula is C16H12FN5O. The van der Waals surface area contributed by atoms with Gasteiger partial charge in [-0.3, -0.25) is 9.55 Å². The number of rotatable bonds is 1. The fraction of sp³-hybridized carbons (Fsp3) is 0.0625. The minimum Gasteiger partial charge on any atom is -0.398 e. The van der Waals surface area contributed by atoms with Crippen molar-refractivity contribution in [2.75, 3.05) is 5.73 Å². The van der Waals surface area contributed by atoms with Crippen LogP contribution >= 0.6 is 0 Å². The highest BCUT2D eigenvalue weighted by molar-refractivity contribution is 6.11. The Morgan fingerprint density at radius 1 is 1.17 bits per heavy atom. The molecule has 0 fully saturated rings. The van der Waals surface area contributed by atoms with Crippen molar-refractivity contribution in [1.82, 2.24) is 19.5 Å². The van der Waals surface area contributed by atoms with Crippen molar-refractivity contribution in [2.24, 2.45) is 7.05 Å². The normalized spacial score (nSPS) is 11.4. The monoisotopic (exact) mass is 309 g/mol. The lowest BCUT2D eigenvalue weighted by molar-refractivity contribution is 0.584. The molecule has 0 radical (unpaired) electrons. The molecular weight excluding hydrogens is 297 g/mol. The summed E-state index contributed by atoms with van der Waals surface area (Å²) in [4.78, 5) is 22.7. The number of halogens is 1. The first-order valence-electron chi connectivity index (χ1n) is 6.94. The van der Waals surface area contributed by atoms with E-state index < -0.39 is 5.95 Å². The molecule has 3 N–H and O–H groups in total. The molecule has 0 spiro atoms. The van der Waals surface area contributed by atoms with Gasteiger partial charge in [0, 0.05) is 29.8 Å². The Labute approximate surface area is 129 Å². The molecule has 3 heterocycles. The van der Waals surface area contributed by atoms with Crippen molar-refractivity contribution in [3.63, 3.8) is 0 Å². The molecule has 4 aromatic rings. The summed E-state index contributed by atoms with van der Waals surface area (Å²) in [7, 11) is 1.67. The number of imidazole rings is 1. The number of anilines is 1. The van der Waals surface area contributed by atoms with E-state index in [4.69, 9.17) is 5.73 Å². The predicted octanol–water partition coefficient (Wildman–Crippen LogP) is 2.20. The Bertz CT molecular complexity index is 1110. The molecule has 0 saturated carbocycles. The molecule has 0 atom stereocenters. The van der Waals surface area contributed by atoms with Crippen LogP contribution in [0.3, 0.4) is 0 Å². The zero-order valence-corrected chi connectivity index (χ0v) is 12.2. The smallest absolute Gasteiger partial charge is 0.326 e. The van der Waals surface area contributed by atoms with Crippen molar-refractivity contribution in [3.8, 4) is 11.1 Å². The van der Waals surface area contributed by atoms with E-state index >= 15 is 0 Å². The second-order valence-electron chi connectivity index (χ2n) is 5.30. The van der Waals surface area contributed by atoms with Crippen LogP contribution < -0.4 is 11.4 Å². The third-order valence-corrected chi connectivity index (χ3v) is 3.99. The maximum Gasteiger partial charge on any atom is 0.326 e. The maximum atomic E-state index is 13.0. The third kappa shape index (κ3) is 1.90. The quantitative estimate of drug-likeness (QED) is 0.416. The highest BCUT2D eigenvalue weighted by atomic mass is 19.1. The number of aromatic amines is 1. The van der Waals surface area contributed by atoms with Crippen molar-refractivity contribution in [3.05, 3.63) is 53.1 Å². The van der Waals surface area contributed by atoms with Crippen LogP contribution in [0, 0.1) is 5.95 Å². The van der Waals surface area contributed by atoms with Gasteiger partial charge in [0.15, 0.2) is 0 Å². The van der Waals surface area contributed by atoms with E-state index in [-0.39, 0.29) is 5.69 Å². The number of aryl methyl sites for hydroxylation is 1. The molecule has 0 aliphatic rings. The van der Waals surface area contributed by atoms with Crippen molar-refractivity contribution >= 4 is 27.6 Å². The Balaban J connectivity index is 2.10. The minimum absolute atomic E-state index is 0.234. The lowest BCUT2D eigenvalue weighted by Gasteiger charge is -2.09. The molecule has 0 aliphatic carbocycles. The molecule has 3 aromatic heterocycles. The van der Waals surface area contributed by atoms with Gasteiger partial charge >= 0.3 is 5.69 Å². The average molecular weight is 309 g/mol. The van der Waals surface area contributed by atoms with Crippen LogP contribution in [0.4, 0.5) is 10.1 Å². The molecule has 7 heteroatoms. The van der Waals surface area contributed by atoms with Gasteiger partial charge in [0.2, 0.25) is 5.95 Å². The second kappa shape index (κ2) is 4.64. The van der Waals surface area contributed by atoms with E-state index in [1.807, 2.05) is 12.1 Å². The molecule has 0 unspecified atom stereocenters. The number of H-pyrrole nitrogens is 1. The molecule has 114 valence electrons. The summed E-state index contributed by atoms with van der Waals surface area (Å²) in [6.45, 7) is 0. The van der Waals surface area contributed by atoms with Gasteiger partial charge in [0.05, 0.1) is 28.4 Å². The highest BCUT2D eigenvalue weighted by Gasteiger charge is 2.14. The van der Waals surface area contributed by atoms with Crippen LogP contribution in [-0.2, 0) is 7.05 Å². The number of nitrogens with two attached hydrogens (primary N) is 1. The molecule has 23 heavy (non-hydrogen) atoms. The number of pyridine rings is 2. The van der Waals surface area contributed by atoms with E-state index in [0.717, 1.165) is 0 Å². The van der Waals surface area contributed by atoms with Gasteiger partial charge in [-0.25, -0.2) is 9.78 Å². The maximum absolute atomic E-state index is 13.0. The molecule has 1 aromatic carbocycles. The van der Waals surface area contributed by atoms with Crippen molar-refractivity contribution < 1.29 is 4.39 Å². The predicted molar refractivity (Wildman–Crippen MR) is 86.4 cm³/mol. The second-order valence-corrected chi connectivity index (χ2v) is 5.30. The number of hydrogen-bond donors (Lipinski definition) is 2. The number of hydrogen-bond acceptors (Lipinski definition) is 4. The molecule has 0 saturated heterocycles. The van der Waals surface area contributed by atoms with Crippen LogP contribution in [0.25, 0.3) is 33.1 Å². The molecule has 0 bridgehead atoms. The van der Waals surface area contributed by atoms with E-state index in [1.54, 1.807) is 19.3 Å². The molecule has 0 amide bonds. The first-order chi connectivity index (χ1) is 11.1. The fourth-order valence-corrected chi connectivity index (χ4v) is 2.77. The third-order valence-electron chi connectivity index (χ3n) is 3.99. The van der Waals surface area contributed by atoms with Crippen LogP contribution in [0.2, 0.25) is 0 Å². The summed E-state index contributed by atoms with van der Waals surface area (Å²) in [6, 6.07) is 6.52. The average Bonchev–Trinajstić information content (AvgIpc) is 2.84. The largest absolute Gasteiger partial charge is 0.398 e. The number of nitrogen functional groups attached to an aromatic ring is 1. The summed E-state index contributed by atoms with van der Waals surface area (Å²) >= 11 is 0. The summed E-state index contributed by atoms with van der Waals surface area (Å²) < 4.78 is 14.5. The summed E-state index contributed by atoms with van der Waals surface area (Å²) in [5.41, 5.74) is 9.95. The van der Waals surface area contributed by atoms with Gasteiger partial charge in [-0.15, -0.1) is 0 Å². The lowest BCUT2D eigenvalue weighted by Crippen LogP contribution is -2.11. The van der Waals surface area contributed by atoms with Crippen LogP contribution in [0.5, 0.6) is 0 Å². The standard InChI is InChI=1S/C16H12FN5O/c1-22-11-7-19-10-4-3-9(8-2-5-12(17)20-6-8)14(18)13(10)15(11)21-16(22)23/h2-7H,18H2,1H3,(H,21,23). The SMILES string of the molecule is Cn1c(=O)[nH]c2c3c(N)c(-c4ccc(F)nc4)ccc3ncc21. The van der Waals surface area contributed by atoms with Gasteiger partial charge in [0.1, 0.15) is 0 Å². The van der Waals surface area contributed by atoms with Gasteiger partial charge < -0.3 is 10.7 Å².